The number of nitrogens with zero attached hydrogens (tertiary/aromatic N) is 4. The molecule has 3 aromatic carbocycles. The van der Waals surface area contributed by atoms with Crippen molar-refractivity contribution < 1.29 is 27.2 Å². The van der Waals surface area contributed by atoms with E-state index in [4.69, 9.17) is 0 Å². The Labute approximate surface area is 235 Å². The second-order valence-electron chi connectivity index (χ2n) is 9.84. The van der Waals surface area contributed by atoms with E-state index in [1.54, 1.807) is 59.3 Å². The maximum absolute atomic E-state index is 13.8. The Bertz CT molecular complexity index is 1430. The van der Waals surface area contributed by atoms with E-state index in [9.17, 15) is 32.4 Å². The molecule has 4 rings (SSSR count). The lowest BCUT2D eigenvalue weighted by Crippen LogP contribution is -2.43. The van der Waals surface area contributed by atoms with E-state index < -0.39 is 23.6 Å². The first-order chi connectivity index (χ1) is 19.5. The minimum atomic E-state index is -4.92. The third-order valence-electron chi connectivity index (χ3n) is 6.84. The molecule has 1 heterocycles. The monoisotopic (exact) mass is 567 g/mol. The third-order valence-corrected chi connectivity index (χ3v) is 6.84. The van der Waals surface area contributed by atoms with Crippen molar-refractivity contribution in [2.24, 2.45) is 0 Å². The molecular weight excluding hydrogens is 538 g/mol. The number of anilines is 2. The van der Waals surface area contributed by atoms with Crippen LogP contribution in [0.4, 0.5) is 33.7 Å². The van der Waals surface area contributed by atoms with Crippen LogP contribution in [-0.2, 0) is 11.0 Å². The highest BCUT2D eigenvalue weighted by molar-refractivity contribution is 6.02. The molecule has 214 valence electrons. The van der Waals surface area contributed by atoms with E-state index in [2.05, 4.69) is 11.4 Å². The number of carbonyl (C=O) groups is 2. The van der Waals surface area contributed by atoms with Gasteiger partial charge in [0, 0.05) is 37.6 Å². The molecule has 11 heteroatoms. The van der Waals surface area contributed by atoms with Crippen LogP contribution in [0.25, 0.3) is 11.1 Å². The summed E-state index contributed by atoms with van der Waals surface area (Å²) >= 11 is 0. The Hall–Kier alpha value is -4.43. The fourth-order valence-corrected chi connectivity index (χ4v) is 4.61. The van der Waals surface area contributed by atoms with Crippen molar-refractivity contribution in [2.75, 3.05) is 50.0 Å². The number of alkyl halides is 3. The molecule has 0 atom stereocenters. The van der Waals surface area contributed by atoms with Crippen LogP contribution in [0.5, 0.6) is 0 Å². The van der Waals surface area contributed by atoms with Gasteiger partial charge < -0.3 is 10.2 Å². The van der Waals surface area contributed by atoms with Crippen LogP contribution >= 0.6 is 0 Å². The summed E-state index contributed by atoms with van der Waals surface area (Å²) in [6.45, 7) is 2.03. The van der Waals surface area contributed by atoms with Gasteiger partial charge in [0.15, 0.2) is 0 Å². The van der Waals surface area contributed by atoms with Gasteiger partial charge in [-0.3, -0.25) is 14.6 Å². The smallest absolute Gasteiger partial charge is 0.342 e. The minimum absolute atomic E-state index is 0.00375. The summed E-state index contributed by atoms with van der Waals surface area (Å²) < 4.78 is 53.5. The molecule has 1 aliphatic rings. The number of rotatable bonds is 8. The summed E-state index contributed by atoms with van der Waals surface area (Å²) in [4.78, 5) is 30.8. The lowest BCUT2D eigenvalue weighted by Gasteiger charge is -2.27. The number of nitriles is 1. The zero-order chi connectivity index (χ0) is 29.6. The Morgan fingerprint density at radius 3 is 2.34 bits per heavy atom. The number of nitrogens with one attached hydrogen (secondary N) is 1. The largest absolute Gasteiger partial charge is 0.419 e. The SMILES string of the molecule is CN(CCN(C(=O)Nc1ccc(F)c(C(F)(F)F)c1)c1ccc(-c2cccc(C#N)c2)cc1)CC(=O)N1CCCC1. The molecule has 1 N–H and O–H groups in total. The Kier molecular flexibility index (Phi) is 9.24. The number of likely N-dealkylation sites (N-methyl/N-ethyl adjacent to an activating group) is 1. The highest BCUT2D eigenvalue weighted by Gasteiger charge is 2.34. The van der Waals surface area contributed by atoms with Gasteiger partial charge in [-0.1, -0.05) is 24.3 Å². The lowest BCUT2D eigenvalue weighted by atomic mass is 10.0. The van der Waals surface area contributed by atoms with Gasteiger partial charge in [0.25, 0.3) is 0 Å². The van der Waals surface area contributed by atoms with Gasteiger partial charge in [0.05, 0.1) is 23.7 Å². The van der Waals surface area contributed by atoms with E-state index >= 15 is 0 Å². The molecule has 7 nitrogen and oxygen atoms in total. The maximum atomic E-state index is 13.8. The van der Waals surface area contributed by atoms with Gasteiger partial charge in [0.2, 0.25) is 5.91 Å². The topological polar surface area (TPSA) is 79.7 Å². The molecule has 3 aromatic rings. The summed E-state index contributed by atoms with van der Waals surface area (Å²) in [6, 6.07) is 17.6. The normalized spacial score (nSPS) is 13.2. The quantitative estimate of drug-likeness (QED) is 0.340. The van der Waals surface area contributed by atoms with Crippen molar-refractivity contribution in [3.63, 3.8) is 0 Å². The van der Waals surface area contributed by atoms with Crippen LogP contribution in [0.1, 0.15) is 24.0 Å². The Morgan fingerprint density at radius 1 is 0.976 bits per heavy atom. The average Bonchev–Trinajstić information content (AvgIpc) is 3.49. The van der Waals surface area contributed by atoms with E-state index in [0.717, 1.165) is 43.1 Å². The van der Waals surface area contributed by atoms with Crippen molar-refractivity contribution in [2.45, 2.75) is 19.0 Å². The number of halogens is 4. The molecule has 0 saturated carbocycles. The fraction of sp³-hybridized carbons (Fsp3) is 0.300. The number of benzene rings is 3. The molecule has 0 unspecified atom stereocenters. The van der Waals surface area contributed by atoms with Crippen LogP contribution in [-0.4, -0.2) is 61.5 Å². The van der Waals surface area contributed by atoms with Crippen LogP contribution in [0.3, 0.4) is 0 Å². The average molecular weight is 568 g/mol. The summed E-state index contributed by atoms with van der Waals surface area (Å²) in [5.74, 6) is -1.44. The first-order valence-electron chi connectivity index (χ1n) is 13.1. The highest BCUT2D eigenvalue weighted by atomic mass is 19.4. The van der Waals surface area contributed by atoms with Crippen LogP contribution in [0, 0.1) is 17.1 Å². The molecule has 1 saturated heterocycles. The molecule has 0 aromatic heterocycles. The summed E-state index contributed by atoms with van der Waals surface area (Å²) in [5.41, 5.74) is 0.865. The molecule has 1 fully saturated rings. The molecule has 3 amide bonds. The number of amides is 3. The van der Waals surface area contributed by atoms with Crippen LogP contribution < -0.4 is 10.2 Å². The Balaban J connectivity index is 1.54. The van der Waals surface area contributed by atoms with Crippen LogP contribution in [0.2, 0.25) is 0 Å². The van der Waals surface area contributed by atoms with Gasteiger partial charge in [-0.25, -0.2) is 9.18 Å². The van der Waals surface area contributed by atoms with Gasteiger partial charge in [0.1, 0.15) is 5.82 Å². The number of urea groups is 1. The first kappa shape index (κ1) is 29.6. The zero-order valence-corrected chi connectivity index (χ0v) is 22.4. The molecule has 1 aliphatic heterocycles. The lowest BCUT2D eigenvalue weighted by molar-refractivity contribution is -0.140. The van der Waals surface area contributed by atoms with Gasteiger partial charge >= 0.3 is 12.2 Å². The van der Waals surface area contributed by atoms with E-state index in [0.29, 0.717) is 29.9 Å². The van der Waals surface area contributed by atoms with E-state index in [1.165, 1.54) is 4.90 Å². The molecule has 0 aliphatic carbocycles. The molecule has 0 spiro atoms. The van der Waals surface area contributed by atoms with Crippen molar-refractivity contribution in [1.82, 2.24) is 9.80 Å². The summed E-state index contributed by atoms with van der Waals surface area (Å²) in [6.07, 6.45) is -2.98. The van der Waals surface area contributed by atoms with Crippen LogP contribution in [0.15, 0.2) is 66.7 Å². The summed E-state index contributed by atoms with van der Waals surface area (Å²) in [5, 5.41) is 11.6. The van der Waals surface area contributed by atoms with Crippen molar-refractivity contribution in [3.8, 4) is 17.2 Å². The van der Waals surface area contributed by atoms with Gasteiger partial charge in [-0.2, -0.15) is 18.4 Å². The maximum Gasteiger partial charge on any atom is 0.419 e. The summed E-state index contributed by atoms with van der Waals surface area (Å²) in [7, 11) is 1.75. The number of likely N-dealkylation sites (tertiary alicyclic amines) is 1. The zero-order valence-electron chi connectivity index (χ0n) is 22.4. The number of carbonyl (C=O) groups excluding carboxylic acids is 2. The predicted octanol–water partition coefficient (Wildman–Crippen LogP) is 5.98. The van der Waals surface area contributed by atoms with E-state index in [-0.39, 0.29) is 24.7 Å². The van der Waals surface area contributed by atoms with Crippen molar-refractivity contribution >= 4 is 23.3 Å². The van der Waals surface area contributed by atoms with Crippen molar-refractivity contribution in [1.29, 1.82) is 5.26 Å². The molecule has 0 bridgehead atoms. The van der Waals surface area contributed by atoms with Gasteiger partial charge in [-0.05, 0) is 73.5 Å². The first-order valence-corrected chi connectivity index (χ1v) is 13.1. The second-order valence-corrected chi connectivity index (χ2v) is 9.84. The predicted molar refractivity (Wildman–Crippen MR) is 148 cm³/mol. The fourth-order valence-electron chi connectivity index (χ4n) is 4.61. The molecule has 41 heavy (non-hydrogen) atoms. The minimum Gasteiger partial charge on any atom is -0.342 e. The highest BCUT2D eigenvalue weighted by Crippen LogP contribution is 2.33. The second kappa shape index (κ2) is 12.8. The van der Waals surface area contributed by atoms with Gasteiger partial charge in [-0.15, -0.1) is 0 Å². The number of hydrogen-bond donors (Lipinski definition) is 1. The van der Waals surface area contributed by atoms with Crippen molar-refractivity contribution in [3.05, 3.63) is 83.7 Å². The third kappa shape index (κ3) is 7.61. The molecular formula is C30H29F4N5O2. The van der Waals surface area contributed by atoms with E-state index in [1.807, 2.05) is 6.07 Å². The Morgan fingerprint density at radius 2 is 1.68 bits per heavy atom. The standard InChI is InChI=1S/C30H29F4N5O2/c1-37(20-28(40)38-13-2-3-14-38)15-16-39(29(41)36-24-9-12-27(31)26(18-24)30(32,33)34)25-10-7-22(8-11-25)23-6-4-5-21(17-23)19-35/h4-12,17-18H,2-3,13-16,20H2,1H3,(H,36,41). The molecule has 0 radical (unpaired) electrons. The number of hydrogen-bond acceptors (Lipinski definition) is 4.